The minimum Gasteiger partial charge on any atom is -0.466 e. The summed E-state index contributed by atoms with van der Waals surface area (Å²) in [6, 6.07) is 10.1. The van der Waals surface area contributed by atoms with Crippen LogP contribution in [0, 0.1) is 19.8 Å². The fourth-order valence-corrected chi connectivity index (χ4v) is 4.21. The van der Waals surface area contributed by atoms with E-state index in [9.17, 15) is 9.59 Å². The number of hydrogen-bond acceptors (Lipinski definition) is 4. The van der Waals surface area contributed by atoms with Gasteiger partial charge in [-0.15, -0.1) is 0 Å². The van der Waals surface area contributed by atoms with Crippen molar-refractivity contribution in [1.82, 2.24) is 9.47 Å². The Hall–Kier alpha value is -3.02. The molecule has 158 valence electrons. The van der Waals surface area contributed by atoms with Crippen molar-refractivity contribution in [2.45, 2.75) is 40.2 Å². The summed E-state index contributed by atoms with van der Waals surface area (Å²) < 4.78 is 12.8. The van der Waals surface area contributed by atoms with Crippen molar-refractivity contribution in [2.75, 3.05) is 19.7 Å². The number of esters is 1. The molecule has 1 aliphatic heterocycles. The van der Waals surface area contributed by atoms with E-state index in [0.29, 0.717) is 50.4 Å². The molecule has 1 amide bonds. The van der Waals surface area contributed by atoms with Crippen molar-refractivity contribution < 1.29 is 18.7 Å². The Morgan fingerprint density at radius 1 is 1.13 bits per heavy atom. The maximum Gasteiger partial charge on any atom is 0.309 e. The molecule has 0 saturated carbocycles. The Morgan fingerprint density at radius 2 is 1.90 bits per heavy atom. The number of furan rings is 1. The first-order valence-corrected chi connectivity index (χ1v) is 10.6. The van der Waals surface area contributed by atoms with Gasteiger partial charge in [0.15, 0.2) is 5.58 Å². The monoisotopic (exact) mass is 408 g/mol. The topological polar surface area (TPSA) is 64.7 Å². The lowest BCUT2D eigenvalue weighted by Gasteiger charge is -2.31. The molecule has 1 saturated heterocycles. The Balaban J connectivity index is 1.58. The maximum absolute atomic E-state index is 13.4. The quantitative estimate of drug-likeness (QED) is 0.590. The molecule has 30 heavy (non-hydrogen) atoms. The number of carbonyl (C=O) groups is 2. The second kappa shape index (κ2) is 8.38. The number of fused-ring (bicyclic) bond motifs is 1. The van der Waals surface area contributed by atoms with Gasteiger partial charge in [-0.05, 0) is 44.7 Å². The molecule has 0 atom stereocenters. The van der Waals surface area contributed by atoms with Gasteiger partial charge in [0, 0.05) is 31.8 Å². The summed E-state index contributed by atoms with van der Waals surface area (Å²) in [5.41, 5.74) is 5.83. The second-order valence-electron chi connectivity index (χ2n) is 8.03. The molecule has 0 aliphatic carbocycles. The Kier molecular flexibility index (Phi) is 5.66. The number of benzene rings is 1. The normalized spacial score (nSPS) is 15.0. The highest BCUT2D eigenvalue weighted by atomic mass is 16.5. The SMILES string of the molecule is CCOC(=O)C1CCN(C(=O)c2cc3occc3n2Cc2cc(C)ccc2C)CC1. The molecule has 0 spiro atoms. The number of ether oxygens (including phenoxy) is 1. The molecule has 6 nitrogen and oxygen atoms in total. The van der Waals surface area contributed by atoms with Crippen LogP contribution in [0.2, 0.25) is 0 Å². The number of likely N-dealkylation sites (tertiary alicyclic amines) is 1. The molecule has 6 heteroatoms. The van der Waals surface area contributed by atoms with Gasteiger partial charge in [-0.2, -0.15) is 0 Å². The van der Waals surface area contributed by atoms with Crippen LogP contribution < -0.4 is 0 Å². The number of amides is 1. The van der Waals surface area contributed by atoms with Crippen molar-refractivity contribution in [2.24, 2.45) is 5.92 Å². The molecule has 3 aromatic rings. The molecule has 1 fully saturated rings. The van der Waals surface area contributed by atoms with Crippen molar-refractivity contribution in [3.8, 4) is 0 Å². The lowest BCUT2D eigenvalue weighted by molar-refractivity contribution is -0.149. The van der Waals surface area contributed by atoms with Gasteiger partial charge >= 0.3 is 5.97 Å². The van der Waals surface area contributed by atoms with Gasteiger partial charge < -0.3 is 18.6 Å². The molecule has 1 aliphatic rings. The zero-order chi connectivity index (χ0) is 21.3. The summed E-state index contributed by atoms with van der Waals surface area (Å²) in [4.78, 5) is 27.2. The standard InChI is InChI=1S/C24H28N2O4/c1-4-29-24(28)18-7-10-25(11-8-18)23(27)21-14-22-20(9-12-30-22)26(21)15-19-13-16(2)5-6-17(19)3/h5-6,9,12-14,18H,4,7-8,10-11,15H2,1-3H3. The van der Waals surface area contributed by atoms with Gasteiger partial charge in [-0.3, -0.25) is 9.59 Å². The highest BCUT2D eigenvalue weighted by Crippen LogP contribution is 2.27. The highest BCUT2D eigenvalue weighted by Gasteiger charge is 2.30. The Bertz CT molecular complexity index is 1070. The fraction of sp³-hybridized carbons (Fsp3) is 0.417. The first-order valence-electron chi connectivity index (χ1n) is 10.6. The van der Waals surface area contributed by atoms with Gasteiger partial charge in [0.05, 0.1) is 24.3 Å². The predicted octanol–water partition coefficient (Wildman–Crippen LogP) is 4.31. The smallest absolute Gasteiger partial charge is 0.309 e. The van der Waals surface area contributed by atoms with Gasteiger partial charge in [0.25, 0.3) is 5.91 Å². The molecule has 2 aromatic heterocycles. The number of aryl methyl sites for hydroxylation is 2. The van der Waals surface area contributed by atoms with Crippen molar-refractivity contribution in [1.29, 1.82) is 0 Å². The van der Waals surface area contributed by atoms with Gasteiger partial charge in [-0.25, -0.2) is 0 Å². The van der Waals surface area contributed by atoms with Gasteiger partial charge in [0.1, 0.15) is 5.69 Å². The molecule has 0 unspecified atom stereocenters. The summed E-state index contributed by atoms with van der Waals surface area (Å²) in [7, 11) is 0. The summed E-state index contributed by atoms with van der Waals surface area (Å²) >= 11 is 0. The van der Waals surface area contributed by atoms with E-state index in [0.717, 1.165) is 5.52 Å². The maximum atomic E-state index is 13.4. The molecular weight excluding hydrogens is 380 g/mol. The molecule has 0 bridgehead atoms. The van der Waals surface area contributed by atoms with E-state index in [-0.39, 0.29) is 17.8 Å². The van der Waals surface area contributed by atoms with Crippen LogP contribution in [0.25, 0.3) is 11.1 Å². The van der Waals surface area contributed by atoms with Crippen molar-refractivity contribution in [3.63, 3.8) is 0 Å². The van der Waals surface area contributed by atoms with Gasteiger partial charge in [-0.1, -0.05) is 23.8 Å². The zero-order valence-corrected chi connectivity index (χ0v) is 17.8. The summed E-state index contributed by atoms with van der Waals surface area (Å²) in [5.74, 6) is -0.290. The van der Waals surface area contributed by atoms with Crippen LogP contribution in [0.15, 0.2) is 41.0 Å². The van der Waals surface area contributed by atoms with Crippen LogP contribution in [0.4, 0.5) is 0 Å². The average molecular weight is 408 g/mol. The summed E-state index contributed by atoms with van der Waals surface area (Å²) in [6.07, 6.45) is 2.93. The highest BCUT2D eigenvalue weighted by molar-refractivity contribution is 5.97. The average Bonchev–Trinajstić information content (AvgIpc) is 3.33. The number of carbonyl (C=O) groups excluding carboxylic acids is 2. The third-order valence-corrected chi connectivity index (χ3v) is 5.98. The van der Waals surface area contributed by atoms with Crippen LogP contribution in [-0.4, -0.2) is 41.0 Å². The molecular formula is C24H28N2O4. The first-order chi connectivity index (χ1) is 14.5. The summed E-state index contributed by atoms with van der Waals surface area (Å²) in [6.45, 7) is 8.09. The number of rotatable bonds is 5. The predicted molar refractivity (Wildman–Crippen MR) is 114 cm³/mol. The van der Waals surface area contributed by atoms with E-state index in [1.54, 1.807) is 6.26 Å². The largest absolute Gasteiger partial charge is 0.466 e. The van der Waals surface area contributed by atoms with E-state index in [1.807, 2.05) is 28.5 Å². The van der Waals surface area contributed by atoms with Gasteiger partial charge in [0.2, 0.25) is 0 Å². The minimum absolute atomic E-state index is 0.0194. The third-order valence-electron chi connectivity index (χ3n) is 5.98. The number of piperidine rings is 1. The summed E-state index contributed by atoms with van der Waals surface area (Å²) in [5, 5.41) is 0. The van der Waals surface area contributed by atoms with E-state index in [2.05, 4.69) is 32.0 Å². The van der Waals surface area contributed by atoms with Crippen LogP contribution in [0.3, 0.4) is 0 Å². The van der Waals surface area contributed by atoms with E-state index in [1.165, 1.54) is 16.7 Å². The van der Waals surface area contributed by atoms with E-state index < -0.39 is 0 Å². The fourth-order valence-electron chi connectivity index (χ4n) is 4.21. The Labute approximate surface area is 176 Å². The van der Waals surface area contributed by atoms with Crippen molar-refractivity contribution >= 4 is 23.0 Å². The van der Waals surface area contributed by atoms with Crippen LogP contribution >= 0.6 is 0 Å². The lowest BCUT2D eigenvalue weighted by atomic mass is 9.97. The third kappa shape index (κ3) is 3.86. The lowest BCUT2D eigenvalue weighted by Crippen LogP contribution is -2.41. The number of hydrogen-bond donors (Lipinski definition) is 0. The first kappa shape index (κ1) is 20.3. The van der Waals surface area contributed by atoms with Crippen LogP contribution in [-0.2, 0) is 16.1 Å². The minimum atomic E-state index is -0.152. The molecule has 4 rings (SSSR count). The Morgan fingerprint density at radius 3 is 2.63 bits per heavy atom. The molecule has 1 aromatic carbocycles. The molecule has 0 radical (unpaired) electrons. The van der Waals surface area contributed by atoms with E-state index >= 15 is 0 Å². The van der Waals surface area contributed by atoms with Crippen LogP contribution in [0.5, 0.6) is 0 Å². The van der Waals surface area contributed by atoms with Crippen molar-refractivity contribution in [3.05, 3.63) is 59.0 Å². The van der Waals surface area contributed by atoms with E-state index in [4.69, 9.17) is 9.15 Å². The molecule has 0 N–H and O–H groups in total. The number of aromatic nitrogens is 1. The van der Waals surface area contributed by atoms with Crippen LogP contribution in [0.1, 0.15) is 46.9 Å². The second-order valence-corrected chi connectivity index (χ2v) is 8.03. The zero-order valence-electron chi connectivity index (χ0n) is 17.8. The molecule has 3 heterocycles. The number of nitrogens with zero attached hydrogens (tertiary/aromatic N) is 2.